The Kier molecular flexibility index (Phi) is 9.62. The Morgan fingerprint density at radius 2 is 1.89 bits per heavy atom. The molecule has 8 heteroatoms. The Bertz CT molecular complexity index is 1270. The molecule has 3 aromatic rings. The molecule has 0 heterocycles. The molecule has 0 bridgehead atoms. The van der Waals surface area contributed by atoms with E-state index in [9.17, 15) is 10.1 Å². The minimum Gasteiger partial charge on any atom is -0.490 e. The van der Waals surface area contributed by atoms with Crippen LogP contribution in [0.15, 0.2) is 70.7 Å². The number of halogens is 3. The number of amides is 1. The fourth-order valence-corrected chi connectivity index (χ4v) is 4.31. The van der Waals surface area contributed by atoms with Crippen molar-refractivity contribution in [1.29, 1.82) is 5.26 Å². The molecular formula is C27H23BrCl2N2O3. The fourth-order valence-electron chi connectivity index (χ4n) is 3.28. The Morgan fingerprint density at radius 3 is 2.54 bits per heavy atom. The summed E-state index contributed by atoms with van der Waals surface area (Å²) in [6.07, 6.45) is 1.51. The molecule has 1 atom stereocenters. The number of hydrogen-bond donors (Lipinski definition) is 1. The summed E-state index contributed by atoms with van der Waals surface area (Å²) in [5.74, 6) is 0.486. The highest BCUT2D eigenvalue weighted by Crippen LogP contribution is 2.38. The molecule has 0 aliphatic rings. The standard InChI is InChI=1S/C27H23BrCl2N2O3/c1-3-34-25-13-18(11-21(15-31)27(33)32-17(2)19-7-5-4-6-8-19)12-23(28)26(25)35-16-20-9-10-22(29)14-24(20)30/h4-14,17H,3,16H2,1-2H3,(H,32,33)/b21-11-/t17-/m0/s1. The second-order valence-corrected chi connectivity index (χ2v) is 9.26. The number of nitrogens with zero attached hydrogens (tertiary/aromatic N) is 1. The van der Waals surface area contributed by atoms with Gasteiger partial charge in [-0.05, 0) is 71.2 Å². The van der Waals surface area contributed by atoms with E-state index in [1.54, 1.807) is 30.3 Å². The lowest BCUT2D eigenvalue weighted by atomic mass is 10.1. The van der Waals surface area contributed by atoms with Crippen LogP contribution in [0.5, 0.6) is 11.5 Å². The van der Waals surface area contributed by atoms with Gasteiger partial charge in [-0.1, -0.05) is 59.6 Å². The van der Waals surface area contributed by atoms with Gasteiger partial charge in [0.25, 0.3) is 5.91 Å². The zero-order valence-corrected chi connectivity index (χ0v) is 22.2. The van der Waals surface area contributed by atoms with E-state index >= 15 is 0 Å². The molecule has 0 aliphatic carbocycles. The summed E-state index contributed by atoms with van der Waals surface area (Å²) in [6.45, 7) is 4.32. The van der Waals surface area contributed by atoms with Gasteiger partial charge in [-0.25, -0.2) is 0 Å². The Hall–Kier alpha value is -2.98. The van der Waals surface area contributed by atoms with E-state index in [-0.39, 0.29) is 18.2 Å². The maximum atomic E-state index is 12.7. The molecule has 1 amide bonds. The number of nitrogens with one attached hydrogen (secondary N) is 1. The number of rotatable bonds is 9. The van der Waals surface area contributed by atoms with Crippen LogP contribution in [0.3, 0.4) is 0 Å². The zero-order chi connectivity index (χ0) is 25.4. The van der Waals surface area contributed by atoms with Gasteiger partial charge in [0.05, 0.1) is 17.1 Å². The van der Waals surface area contributed by atoms with Gasteiger partial charge in [-0.3, -0.25) is 4.79 Å². The molecule has 180 valence electrons. The van der Waals surface area contributed by atoms with Crippen molar-refractivity contribution in [3.8, 4) is 17.6 Å². The van der Waals surface area contributed by atoms with Crippen LogP contribution < -0.4 is 14.8 Å². The minimum atomic E-state index is -0.462. The zero-order valence-electron chi connectivity index (χ0n) is 19.1. The van der Waals surface area contributed by atoms with Crippen molar-refractivity contribution in [3.05, 3.63) is 97.4 Å². The Morgan fingerprint density at radius 1 is 1.14 bits per heavy atom. The van der Waals surface area contributed by atoms with Crippen LogP contribution >= 0.6 is 39.1 Å². The van der Waals surface area contributed by atoms with Gasteiger partial charge in [-0.15, -0.1) is 0 Å². The normalized spacial score (nSPS) is 11.9. The van der Waals surface area contributed by atoms with E-state index in [0.29, 0.717) is 38.2 Å². The molecule has 0 unspecified atom stereocenters. The predicted molar refractivity (Wildman–Crippen MR) is 143 cm³/mol. The molecule has 0 spiro atoms. The maximum absolute atomic E-state index is 12.7. The van der Waals surface area contributed by atoms with E-state index in [4.69, 9.17) is 32.7 Å². The van der Waals surface area contributed by atoms with Gasteiger partial charge >= 0.3 is 0 Å². The first-order valence-electron chi connectivity index (χ1n) is 10.8. The van der Waals surface area contributed by atoms with E-state index in [1.165, 1.54) is 6.08 Å². The maximum Gasteiger partial charge on any atom is 0.262 e. The third-order valence-electron chi connectivity index (χ3n) is 5.04. The van der Waals surface area contributed by atoms with Crippen LogP contribution in [-0.4, -0.2) is 12.5 Å². The molecule has 1 N–H and O–H groups in total. The highest BCUT2D eigenvalue weighted by molar-refractivity contribution is 9.10. The number of nitriles is 1. The number of carbonyl (C=O) groups is 1. The number of carbonyl (C=O) groups excluding carboxylic acids is 1. The summed E-state index contributed by atoms with van der Waals surface area (Å²) in [5.41, 5.74) is 2.30. The topological polar surface area (TPSA) is 71.3 Å². The smallest absolute Gasteiger partial charge is 0.262 e. The van der Waals surface area contributed by atoms with E-state index < -0.39 is 5.91 Å². The van der Waals surface area contributed by atoms with Crippen LogP contribution in [0.4, 0.5) is 0 Å². The van der Waals surface area contributed by atoms with Crippen LogP contribution in [0.25, 0.3) is 6.08 Å². The summed E-state index contributed by atoms with van der Waals surface area (Å²) in [5, 5.41) is 13.5. The van der Waals surface area contributed by atoms with Gasteiger partial charge in [0, 0.05) is 15.6 Å². The summed E-state index contributed by atoms with van der Waals surface area (Å²) in [7, 11) is 0. The lowest BCUT2D eigenvalue weighted by Crippen LogP contribution is -2.27. The quantitative estimate of drug-likeness (QED) is 0.212. The van der Waals surface area contributed by atoms with Gasteiger partial charge in [-0.2, -0.15) is 5.26 Å². The lowest BCUT2D eigenvalue weighted by Gasteiger charge is -2.16. The summed E-state index contributed by atoms with van der Waals surface area (Å²) >= 11 is 15.7. The van der Waals surface area contributed by atoms with Gasteiger partial charge in [0.1, 0.15) is 18.2 Å². The molecular weight excluding hydrogens is 551 g/mol. The van der Waals surface area contributed by atoms with Crippen molar-refractivity contribution >= 4 is 51.1 Å². The number of benzene rings is 3. The van der Waals surface area contributed by atoms with Crippen molar-refractivity contribution in [1.82, 2.24) is 5.32 Å². The monoisotopic (exact) mass is 572 g/mol. The van der Waals surface area contributed by atoms with E-state index in [2.05, 4.69) is 21.2 Å². The Balaban J connectivity index is 1.83. The number of hydrogen-bond acceptors (Lipinski definition) is 4. The van der Waals surface area contributed by atoms with Crippen LogP contribution in [0, 0.1) is 11.3 Å². The molecule has 0 fully saturated rings. The van der Waals surface area contributed by atoms with Gasteiger partial charge in [0.15, 0.2) is 11.5 Å². The molecule has 0 saturated heterocycles. The highest BCUT2D eigenvalue weighted by atomic mass is 79.9. The van der Waals surface area contributed by atoms with Gasteiger partial charge < -0.3 is 14.8 Å². The number of ether oxygens (including phenoxy) is 2. The molecule has 0 saturated carbocycles. The molecule has 0 aromatic heterocycles. The summed E-state index contributed by atoms with van der Waals surface area (Å²) in [6, 6.07) is 19.9. The van der Waals surface area contributed by atoms with Gasteiger partial charge in [0.2, 0.25) is 0 Å². The second-order valence-electron chi connectivity index (χ2n) is 7.56. The second kappa shape index (κ2) is 12.6. The van der Waals surface area contributed by atoms with Crippen molar-refractivity contribution in [2.45, 2.75) is 26.5 Å². The average molecular weight is 574 g/mol. The van der Waals surface area contributed by atoms with E-state index in [0.717, 1.165) is 11.1 Å². The first-order valence-corrected chi connectivity index (χ1v) is 12.4. The first-order chi connectivity index (χ1) is 16.8. The molecule has 0 aliphatic heterocycles. The highest BCUT2D eigenvalue weighted by Gasteiger charge is 2.17. The average Bonchev–Trinajstić information content (AvgIpc) is 2.83. The van der Waals surface area contributed by atoms with Crippen molar-refractivity contribution in [3.63, 3.8) is 0 Å². The van der Waals surface area contributed by atoms with Crippen molar-refractivity contribution in [2.75, 3.05) is 6.61 Å². The van der Waals surface area contributed by atoms with Crippen LogP contribution in [-0.2, 0) is 11.4 Å². The Labute approximate surface area is 223 Å². The molecule has 3 rings (SSSR count). The van der Waals surface area contributed by atoms with Crippen LogP contribution in [0.1, 0.15) is 36.6 Å². The van der Waals surface area contributed by atoms with Crippen molar-refractivity contribution < 1.29 is 14.3 Å². The van der Waals surface area contributed by atoms with Crippen LogP contribution in [0.2, 0.25) is 10.0 Å². The SMILES string of the molecule is CCOc1cc(/C=C(/C#N)C(=O)N[C@@H](C)c2ccccc2)cc(Br)c1OCc1ccc(Cl)cc1Cl. The summed E-state index contributed by atoms with van der Waals surface area (Å²) in [4.78, 5) is 12.7. The summed E-state index contributed by atoms with van der Waals surface area (Å²) < 4.78 is 12.4. The first kappa shape index (κ1) is 26.6. The third kappa shape index (κ3) is 7.25. The lowest BCUT2D eigenvalue weighted by molar-refractivity contribution is -0.117. The molecule has 35 heavy (non-hydrogen) atoms. The third-order valence-corrected chi connectivity index (χ3v) is 6.22. The largest absolute Gasteiger partial charge is 0.490 e. The minimum absolute atomic E-state index is 0.0243. The predicted octanol–water partition coefficient (Wildman–Crippen LogP) is 7.52. The molecule has 0 radical (unpaired) electrons. The molecule has 3 aromatic carbocycles. The fraction of sp³-hybridized carbons (Fsp3) is 0.185. The molecule has 5 nitrogen and oxygen atoms in total. The van der Waals surface area contributed by atoms with Crippen molar-refractivity contribution in [2.24, 2.45) is 0 Å². The van der Waals surface area contributed by atoms with E-state index in [1.807, 2.05) is 50.2 Å².